The van der Waals surface area contributed by atoms with Gasteiger partial charge in [-0.3, -0.25) is 0 Å². The number of nitrogens with one attached hydrogen (secondary N) is 1. The molecule has 1 N–H and O–H groups in total. The number of imidazole rings is 2. The zero-order chi connectivity index (χ0) is 23.4. The van der Waals surface area contributed by atoms with Crippen molar-refractivity contribution in [3.63, 3.8) is 0 Å². The second-order valence-electron chi connectivity index (χ2n) is 8.94. The van der Waals surface area contributed by atoms with E-state index in [1.165, 1.54) is 6.33 Å². The van der Waals surface area contributed by atoms with E-state index in [-0.39, 0.29) is 17.9 Å². The molecular formula is C23H25F2N9. The predicted octanol–water partition coefficient (Wildman–Crippen LogP) is 4.05. The molecule has 0 aliphatic heterocycles. The van der Waals surface area contributed by atoms with E-state index in [0.717, 1.165) is 47.7 Å². The molecule has 1 saturated carbocycles. The number of hydrogen-bond acceptors (Lipinski definition) is 7. The number of anilines is 1. The van der Waals surface area contributed by atoms with Crippen LogP contribution in [0.15, 0.2) is 18.7 Å². The summed E-state index contributed by atoms with van der Waals surface area (Å²) in [6, 6.07) is 0.201. The summed E-state index contributed by atoms with van der Waals surface area (Å²) in [5.41, 5.74) is 3.96. The fourth-order valence-corrected chi connectivity index (χ4v) is 4.88. The average Bonchev–Trinajstić information content (AvgIpc) is 3.48. The first kappa shape index (κ1) is 21.1. The van der Waals surface area contributed by atoms with Gasteiger partial charge in [0.05, 0.1) is 11.3 Å². The molecule has 0 radical (unpaired) electrons. The largest absolute Gasteiger partial charge is 0.365 e. The van der Waals surface area contributed by atoms with Crippen molar-refractivity contribution >= 4 is 17.0 Å². The molecule has 0 aromatic carbocycles. The second-order valence-corrected chi connectivity index (χ2v) is 8.94. The summed E-state index contributed by atoms with van der Waals surface area (Å²) in [6.07, 6.45) is 6.46. The lowest BCUT2D eigenvalue weighted by Gasteiger charge is -2.25. The second kappa shape index (κ2) is 8.07. The minimum atomic E-state index is -2.55. The van der Waals surface area contributed by atoms with Gasteiger partial charge in [-0.05, 0) is 39.5 Å². The standard InChI is InChI=1S/C23H25F2N9/c1-3-33-21(13-9-26-12(2)27-10-13)32-18-20(28-11-29-22(18)33)30-14-4-7-16-17(8-14)34(15-5-6-15)23(31-16)19(24)25/h9-11,14-15,19H,3-8H2,1-2H3,(H,28,29,30)/t14-/m0/s1. The normalized spacial score (nSPS) is 18.0. The van der Waals surface area contributed by atoms with E-state index >= 15 is 0 Å². The molecule has 0 unspecified atom stereocenters. The van der Waals surface area contributed by atoms with Crippen LogP contribution >= 0.6 is 0 Å². The molecule has 0 bridgehead atoms. The lowest BCUT2D eigenvalue weighted by atomic mass is 9.95. The zero-order valence-corrected chi connectivity index (χ0v) is 19.0. The predicted molar refractivity (Wildman–Crippen MR) is 122 cm³/mol. The maximum Gasteiger partial charge on any atom is 0.295 e. The quantitative estimate of drug-likeness (QED) is 0.459. The lowest BCUT2D eigenvalue weighted by Crippen LogP contribution is -2.29. The number of fused-ring (bicyclic) bond motifs is 2. The van der Waals surface area contributed by atoms with Crippen molar-refractivity contribution < 1.29 is 8.78 Å². The molecule has 0 spiro atoms. The molecule has 1 fully saturated rings. The van der Waals surface area contributed by atoms with Crippen LogP contribution in [-0.4, -0.2) is 45.1 Å². The Hall–Kier alpha value is -3.50. The van der Waals surface area contributed by atoms with Crippen LogP contribution in [0.4, 0.5) is 14.6 Å². The molecule has 4 aromatic heterocycles. The van der Waals surface area contributed by atoms with Gasteiger partial charge in [0.25, 0.3) is 6.43 Å². The van der Waals surface area contributed by atoms with Gasteiger partial charge in [0.1, 0.15) is 18.0 Å². The topological polar surface area (TPSA) is 99.2 Å². The SMILES string of the molecule is CCn1c(-c2cnc(C)nc2)nc2c(N[C@H]3CCc4nc(C(F)F)n(C5CC5)c4C3)ncnc21. The Morgan fingerprint density at radius 2 is 1.88 bits per heavy atom. The molecule has 4 aromatic rings. The van der Waals surface area contributed by atoms with Gasteiger partial charge in [-0.1, -0.05) is 0 Å². The number of rotatable bonds is 6. The summed E-state index contributed by atoms with van der Waals surface area (Å²) in [7, 11) is 0. The van der Waals surface area contributed by atoms with Crippen molar-refractivity contribution in [1.82, 2.24) is 39.0 Å². The van der Waals surface area contributed by atoms with E-state index in [2.05, 4.69) is 30.2 Å². The van der Waals surface area contributed by atoms with Crippen LogP contribution in [0.3, 0.4) is 0 Å². The van der Waals surface area contributed by atoms with Crippen LogP contribution in [0.1, 0.15) is 61.7 Å². The fourth-order valence-electron chi connectivity index (χ4n) is 4.88. The molecular weight excluding hydrogens is 440 g/mol. The third kappa shape index (κ3) is 3.50. The van der Waals surface area contributed by atoms with Crippen molar-refractivity contribution in [3.05, 3.63) is 41.8 Å². The minimum absolute atomic E-state index is 0.0447. The van der Waals surface area contributed by atoms with E-state index in [1.54, 1.807) is 17.0 Å². The van der Waals surface area contributed by atoms with E-state index in [1.807, 2.05) is 18.4 Å². The molecule has 4 heterocycles. The first-order valence-corrected chi connectivity index (χ1v) is 11.7. The zero-order valence-electron chi connectivity index (χ0n) is 19.0. The van der Waals surface area contributed by atoms with Crippen molar-refractivity contribution in [1.29, 1.82) is 0 Å². The molecule has 34 heavy (non-hydrogen) atoms. The van der Waals surface area contributed by atoms with Crippen molar-refractivity contribution in [2.24, 2.45) is 0 Å². The Bertz CT molecular complexity index is 1360. The smallest absolute Gasteiger partial charge is 0.295 e. The summed E-state index contributed by atoms with van der Waals surface area (Å²) in [5, 5.41) is 3.53. The maximum absolute atomic E-state index is 13.6. The highest BCUT2D eigenvalue weighted by Gasteiger charge is 2.36. The fraction of sp³-hybridized carbons (Fsp3) is 0.478. The molecule has 2 aliphatic rings. The minimum Gasteiger partial charge on any atom is -0.365 e. The van der Waals surface area contributed by atoms with Crippen LogP contribution < -0.4 is 5.32 Å². The molecule has 6 rings (SSSR count). The molecule has 0 saturated heterocycles. The average molecular weight is 466 g/mol. The number of alkyl halides is 2. The van der Waals surface area contributed by atoms with Gasteiger partial charge in [0, 0.05) is 43.1 Å². The van der Waals surface area contributed by atoms with Crippen molar-refractivity contribution in [2.45, 2.75) is 71.0 Å². The van der Waals surface area contributed by atoms with E-state index in [4.69, 9.17) is 4.98 Å². The Morgan fingerprint density at radius 3 is 2.59 bits per heavy atom. The van der Waals surface area contributed by atoms with E-state index in [9.17, 15) is 8.78 Å². The third-order valence-corrected chi connectivity index (χ3v) is 6.63. The number of aromatic nitrogens is 8. The molecule has 0 amide bonds. The van der Waals surface area contributed by atoms with Gasteiger partial charge in [-0.25, -0.2) is 38.7 Å². The number of halogens is 2. The maximum atomic E-state index is 13.6. The van der Waals surface area contributed by atoms with Gasteiger partial charge < -0.3 is 14.5 Å². The monoisotopic (exact) mass is 465 g/mol. The number of hydrogen-bond donors (Lipinski definition) is 1. The Balaban J connectivity index is 1.34. The summed E-state index contributed by atoms with van der Waals surface area (Å²) in [4.78, 5) is 26.7. The van der Waals surface area contributed by atoms with E-state index < -0.39 is 6.43 Å². The summed E-state index contributed by atoms with van der Waals surface area (Å²) < 4.78 is 31.1. The Morgan fingerprint density at radius 1 is 1.09 bits per heavy atom. The van der Waals surface area contributed by atoms with Gasteiger partial charge in [-0.15, -0.1) is 0 Å². The molecule has 176 valence electrons. The van der Waals surface area contributed by atoms with E-state index in [0.29, 0.717) is 36.5 Å². The lowest BCUT2D eigenvalue weighted by molar-refractivity contribution is 0.135. The van der Waals surface area contributed by atoms with Crippen LogP contribution in [0.25, 0.3) is 22.6 Å². The van der Waals surface area contributed by atoms with Gasteiger partial charge >= 0.3 is 0 Å². The van der Waals surface area contributed by atoms with Gasteiger partial charge in [-0.2, -0.15) is 0 Å². The highest BCUT2D eigenvalue weighted by atomic mass is 19.3. The third-order valence-electron chi connectivity index (χ3n) is 6.63. The summed E-state index contributed by atoms with van der Waals surface area (Å²) >= 11 is 0. The van der Waals surface area contributed by atoms with Crippen molar-refractivity contribution in [2.75, 3.05) is 5.32 Å². The van der Waals surface area contributed by atoms with Crippen LogP contribution in [0.5, 0.6) is 0 Å². The molecule has 1 atom stereocenters. The first-order chi connectivity index (χ1) is 16.5. The highest BCUT2D eigenvalue weighted by molar-refractivity contribution is 5.86. The number of nitrogens with zero attached hydrogens (tertiary/aromatic N) is 8. The Kier molecular flexibility index (Phi) is 5.00. The van der Waals surface area contributed by atoms with Gasteiger partial charge in [0.2, 0.25) is 0 Å². The summed E-state index contributed by atoms with van der Waals surface area (Å²) in [6.45, 7) is 4.56. The Labute approximate surface area is 194 Å². The number of aryl methyl sites for hydroxylation is 3. The van der Waals surface area contributed by atoms with Crippen molar-refractivity contribution in [3.8, 4) is 11.4 Å². The molecule has 11 heteroatoms. The van der Waals surface area contributed by atoms with Gasteiger partial charge in [0.15, 0.2) is 22.8 Å². The first-order valence-electron chi connectivity index (χ1n) is 11.7. The highest BCUT2D eigenvalue weighted by Crippen LogP contribution is 2.41. The molecule has 2 aliphatic carbocycles. The van der Waals surface area contributed by atoms with Crippen LogP contribution in [0, 0.1) is 6.92 Å². The van der Waals surface area contributed by atoms with Crippen LogP contribution in [-0.2, 0) is 19.4 Å². The van der Waals surface area contributed by atoms with Crippen LogP contribution in [0.2, 0.25) is 0 Å². The molecule has 9 nitrogen and oxygen atoms in total. The summed E-state index contributed by atoms with van der Waals surface area (Å²) in [5.74, 6) is 2.00.